The second kappa shape index (κ2) is 9.38. The predicted molar refractivity (Wildman–Crippen MR) is 134 cm³/mol. The highest BCUT2D eigenvalue weighted by atomic mass is 32.2. The van der Waals surface area contributed by atoms with Gasteiger partial charge in [-0.15, -0.1) is 5.10 Å². The van der Waals surface area contributed by atoms with Crippen LogP contribution < -0.4 is 5.32 Å². The van der Waals surface area contributed by atoms with Crippen LogP contribution in [0, 0.1) is 5.82 Å². The fourth-order valence-corrected chi connectivity index (χ4v) is 5.77. The molecule has 0 bridgehead atoms. The van der Waals surface area contributed by atoms with Crippen LogP contribution >= 0.6 is 0 Å². The van der Waals surface area contributed by atoms with Gasteiger partial charge in [-0.1, -0.05) is 6.07 Å². The van der Waals surface area contributed by atoms with Crippen LogP contribution in [0.15, 0.2) is 42.7 Å². The Kier molecular flexibility index (Phi) is 6.28. The van der Waals surface area contributed by atoms with Gasteiger partial charge in [0.15, 0.2) is 15.7 Å². The van der Waals surface area contributed by atoms with Crippen molar-refractivity contribution in [1.82, 2.24) is 29.4 Å². The Hall–Kier alpha value is -3.31. The van der Waals surface area contributed by atoms with Crippen molar-refractivity contribution in [2.45, 2.75) is 12.8 Å². The van der Waals surface area contributed by atoms with Gasteiger partial charge in [-0.3, -0.25) is 4.57 Å². The third-order valence-corrected chi connectivity index (χ3v) is 8.07. The van der Waals surface area contributed by atoms with E-state index in [2.05, 4.69) is 20.4 Å². The molecule has 0 atom stereocenters. The molecule has 9 nitrogen and oxygen atoms in total. The maximum absolute atomic E-state index is 14.4. The van der Waals surface area contributed by atoms with Crippen molar-refractivity contribution in [1.29, 1.82) is 0 Å². The third kappa shape index (κ3) is 4.92. The zero-order chi connectivity index (χ0) is 24.6. The summed E-state index contributed by atoms with van der Waals surface area (Å²) in [5.74, 6) is 0.803. The van der Waals surface area contributed by atoms with Crippen molar-refractivity contribution in [2.24, 2.45) is 7.05 Å². The molecule has 1 aliphatic heterocycles. The molecular weight excluding hydrogens is 469 g/mol. The van der Waals surface area contributed by atoms with Crippen LogP contribution in [0.25, 0.3) is 28.1 Å². The number of fused-ring (bicyclic) bond motifs is 1. The molecule has 1 fully saturated rings. The Morgan fingerprint density at radius 3 is 2.63 bits per heavy atom. The summed E-state index contributed by atoms with van der Waals surface area (Å²) in [4.78, 5) is 8.60. The number of aromatic nitrogens is 5. The van der Waals surface area contributed by atoms with Crippen LogP contribution in [0.4, 0.5) is 10.1 Å². The van der Waals surface area contributed by atoms with Crippen LogP contribution in [0.1, 0.15) is 12.0 Å². The minimum absolute atomic E-state index is 0.238. The SMILES string of the molecule is CNc1ccc(-c2ccc3c(CCCN4CCS(=O)(=O)CC4)cn(-c4cnn(C)n4)c3n2)cc1F. The Morgan fingerprint density at radius 1 is 1.14 bits per heavy atom. The van der Waals surface area contributed by atoms with Gasteiger partial charge in [-0.05, 0) is 49.2 Å². The van der Waals surface area contributed by atoms with Crippen LogP contribution in [0.2, 0.25) is 0 Å². The fraction of sp³-hybridized carbons (Fsp3) is 0.375. The Bertz CT molecular complexity index is 1460. The van der Waals surface area contributed by atoms with Crippen molar-refractivity contribution >= 4 is 26.6 Å². The number of aryl methyl sites for hydroxylation is 2. The minimum Gasteiger partial charge on any atom is -0.386 e. The maximum atomic E-state index is 14.4. The van der Waals surface area contributed by atoms with Crippen molar-refractivity contribution in [3.63, 3.8) is 0 Å². The molecule has 4 heterocycles. The molecular formula is C24H28FN7O2S. The van der Waals surface area contributed by atoms with Gasteiger partial charge < -0.3 is 10.2 Å². The topological polar surface area (TPSA) is 97.9 Å². The van der Waals surface area contributed by atoms with E-state index in [9.17, 15) is 12.8 Å². The number of hydrogen-bond donors (Lipinski definition) is 1. The molecule has 4 aromatic rings. The second-order valence-corrected chi connectivity index (χ2v) is 11.1. The van der Waals surface area contributed by atoms with Crippen molar-refractivity contribution < 1.29 is 12.8 Å². The zero-order valence-electron chi connectivity index (χ0n) is 19.8. The van der Waals surface area contributed by atoms with Gasteiger partial charge in [0.05, 0.1) is 29.1 Å². The molecule has 11 heteroatoms. The minimum atomic E-state index is -2.88. The quantitative estimate of drug-likeness (QED) is 0.419. The average molecular weight is 498 g/mol. The molecule has 184 valence electrons. The molecule has 0 spiro atoms. The van der Waals surface area contributed by atoms with E-state index in [1.165, 1.54) is 10.9 Å². The molecule has 0 radical (unpaired) electrons. The Labute approximate surface area is 203 Å². The highest BCUT2D eigenvalue weighted by Crippen LogP contribution is 2.29. The van der Waals surface area contributed by atoms with Gasteiger partial charge in [0.1, 0.15) is 11.5 Å². The van der Waals surface area contributed by atoms with E-state index in [1.54, 1.807) is 26.4 Å². The first-order valence-electron chi connectivity index (χ1n) is 11.6. The highest BCUT2D eigenvalue weighted by Gasteiger charge is 2.21. The number of nitrogens with zero attached hydrogens (tertiary/aromatic N) is 6. The molecule has 0 unspecified atom stereocenters. The number of pyridine rings is 1. The molecule has 0 amide bonds. The van der Waals surface area contributed by atoms with Crippen molar-refractivity contribution in [3.05, 3.63) is 54.1 Å². The molecule has 35 heavy (non-hydrogen) atoms. The lowest BCUT2D eigenvalue weighted by atomic mass is 10.1. The molecule has 1 aliphatic rings. The van der Waals surface area contributed by atoms with E-state index in [4.69, 9.17) is 4.98 Å². The number of hydrogen-bond acceptors (Lipinski definition) is 7. The van der Waals surface area contributed by atoms with Crippen LogP contribution in [0.5, 0.6) is 0 Å². The normalized spacial score (nSPS) is 16.1. The largest absolute Gasteiger partial charge is 0.386 e. The van der Waals surface area contributed by atoms with Gasteiger partial charge >= 0.3 is 0 Å². The summed E-state index contributed by atoms with van der Waals surface area (Å²) in [7, 11) is 0.573. The Morgan fingerprint density at radius 2 is 1.94 bits per heavy atom. The first kappa shape index (κ1) is 23.4. The van der Waals surface area contributed by atoms with Gasteiger partial charge in [0.25, 0.3) is 0 Å². The number of halogens is 1. The van der Waals surface area contributed by atoms with E-state index in [0.29, 0.717) is 35.9 Å². The van der Waals surface area contributed by atoms with Gasteiger partial charge in [0, 0.05) is 44.3 Å². The molecule has 5 rings (SSSR count). The monoisotopic (exact) mass is 497 g/mol. The number of anilines is 1. The van der Waals surface area contributed by atoms with Crippen LogP contribution in [0.3, 0.4) is 0 Å². The van der Waals surface area contributed by atoms with Crippen molar-refractivity contribution in [3.8, 4) is 17.1 Å². The molecule has 0 saturated carbocycles. The average Bonchev–Trinajstić information content (AvgIpc) is 3.43. The van der Waals surface area contributed by atoms with Gasteiger partial charge in [-0.2, -0.15) is 9.90 Å². The summed E-state index contributed by atoms with van der Waals surface area (Å²) in [6, 6.07) is 8.97. The molecule has 0 aliphatic carbocycles. The zero-order valence-corrected chi connectivity index (χ0v) is 20.6. The predicted octanol–water partition coefficient (Wildman–Crippen LogP) is 2.66. The summed E-state index contributed by atoms with van der Waals surface area (Å²) in [6.45, 7) is 2.03. The van der Waals surface area contributed by atoms with Crippen molar-refractivity contribution in [2.75, 3.05) is 43.5 Å². The Balaban J connectivity index is 1.44. The fourth-order valence-electron chi connectivity index (χ4n) is 4.49. The standard InChI is InChI=1S/C24H28FN7O2S/c1-26-22-7-5-17(14-20(22)25)21-8-6-19-18(4-3-9-31-10-12-35(33,34)13-11-31)16-32(24(19)28-21)23-15-27-30(2)29-23/h5-8,14-16,26H,3-4,9-13H2,1-2H3. The molecule has 1 N–H and O–H groups in total. The van der Waals surface area contributed by atoms with E-state index in [1.807, 2.05) is 29.0 Å². The van der Waals surface area contributed by atoms with E-state index in [0.717, 1.165) is 36.0 Å². The second-order valence-electron chi connectivity index (χ2n) is 8.83. The smallest absolute Gasteiger partial charge is 0.180 e. The van der Waals surface area contributed by atoms with E-state index < -0.39 is 9.84 Å². The lowest BCUT2D eigenvalue weighted by Crippen LogP contribution is -2.40. The lowest BCUT2D eigenvalue weighted by molar-refractivity contribution is 0.292. The summed E-state index contributed by atoms with van der Waals surface area (Å²) >= 11 is 0. The van der Waals surface area contributed by atoms with Crippen LogP contribution in [-0.4, -0.2) is 76.1 Å². The summed E-state index contributed by atoms with van der Waals surface area (Å²) in [5.41, 5.74) is 3.66. The summed E-state index contributed by atoms with van der Waals surface area (Å²) in [5, 5.41) is 12.5. The van der Waals surface area contributed by atoms with Crippen LogP contribution in [-0.2, 0) is 23.3 Å². The summed E-state index contributed by atoms with van der Waals surface area (Å²) in [6.07, 6.45) is 5.45. The number of rotatable bonds is 7. The maximum Gasteiger partial charge on any atom is 0.180 e. The number of nitrogens with one attached hydrogen (secondary N) is 1. The van der Waals surface area contributed by atoms with E-state index in [-0.39, 0.29) is 17.3 Å². The summed E-state index contributed by atoms with van der Waals surface area (Å²) < 4.78 is 39.7. The first-order chi connectivity index (χ1) is 16.8. The lowest BCUT2D eigenvalue weighted by Gasteiger charge is -2.26. The van der Waals surface area contributed by atoms with Gasteiger partial charge in [0.2, 0.25) is 0 Å². The molecule has 1 saturated heterocycles. The van der Waals surface area contributed by atoms with Gasteiger partial charge in [-0.25, -0.2) is 17.8 Å². The number of benzene rings is 1. The van der Waals surface area contributed by atoms with E-state index >= 15 is 0 Å². The third-order valence-electron chi connectivity index (χ3n) is 6.46. The number of sulfone groups is 1. The highest BCUT2D eigenvalue weighted by molar-refractivity contribution is 7.91. The first-order valence-corrected chi connectivity index (χ1v) is 13.4. The molecule has 3 aromatic heterocycles. The molecule has 1 aromatic carbocycles.